The summed E-state index contributed by atoms with van der Waals surface area (Å²) in [6.45, 7) is 3.11. The third-order valence-electron chi connectivity index (χ3n) is 4.75. The summed E-state index contributed by atoms with van der Waals surface area (Å²) in [6, 6.07) is 10.9. The Hall–Kier alpha value is -1.45. The first kappa shape index (κ1) is 14.5. The Morgan fingerprint density at radius 1 is 1.29 bits per heavy atom. The largest absolute Gasteiger partial charge is 0.376 e. The van der Waals surface area contributed by atoms with Gasteiger partial charge in [-0.1, -0.05) is 31.9 Å². The molecule has 3 rings (SSSR count). The first-order valence-corrected chi connectivity index (χ1v) is 7.92. The number of benzene rings is 1. The molecule has 2 aromatic rings. The summed E-state index contributed by atoms with van der Waals surface area (Å²) in [7, 11) is 1.86. The van der Waals surface area contributed by atoms with Gasteiger partial charge in [-0.05, 0) is 43.1 Å². The Balaban J connectivity index is 2.02. The van der Waals surface area contributed by atoms with Gasteiger partial charge < -0.3 is 10.1 Å². The van der Waals surface area contributed by atoms with Crippen molar-refractivity contribution in [1.82, 2.24) is 10.3 Å². The smallest absolute Gasteiger partial charge is 0.0872 e. The summed E-state index contributed by atoms with van der Waals surface area (Å²) in [5.74, 6) is 0. The quantitative estimate of drug-likeness (QED) is 0.905. The van der Waals surface area contributed by atoms with Gasteiger partial charge in [0.2, 0.25) is 0 Å². The monoisotopic (exact) mass is 284 g/mol. The van der Waals surface area contributed by atoms with Crippen LogP contribution in [0.15, 0.2) is 36.5 Å². The number of rotatable bonds is 5. The van der Waals surface area contributed by atoms with Gasteiger partial charge in [-0.15, -0.1) is 0 Å². The van der Waals surface area contributed by atoms with Crippen molar-refractivity contribution in [2.24, 2.45) is 0 Å². The molecule has 3 heteroatoms. The second kappa shape index (κ2) is 6.12. The molecule has 1 aliphatic rings. The van der Waals surface area contributed by atoms with Crippen LogP contribution in [0.5, 0.6) is 0 Å². The Morgan fingerprint density at radius 3 is 2.81 bits per heavy atom. The number of ether oxygens (including phenoxy) is 1. The number of nitrogens with zero attached hydrogens (tertiary/aromatic N) is 1. The van der Waals surface area contributed by atoms with Gasteiger partial charge in [0.1, 0.15) is 0 Å². The van der Waals surface area contributed by atoms with Gasteiger partial charge in [0.05, 0.1) is 17.2 Å². The Morgan fingerprint density at radius 2 is 2.10 bits per heavy atom. The maximum atomic E-state index is 6.00. The van der Waals surface area contributed by atoms with E-state index < -0.39 is 0 Å². The van der Waals surface area contributed by atoms with E-state index in [1.165, 1.54) is 23.8 Å². The second-order valence-electron chi connectivity index (χ2n) is 5.92. The minimum absolute atomic E-state index is 0.0636. The van der Waals surface area contributed by atoms with E-state index in [4.69, 9.17) is 4.74 Å². The van der Waals surface area contributed by atoms with Crippen molar-refractivity contribution in [1.29, 1.82) is 0 Å². The summed E-state index contributed by atoms with van der Waals surface area (Å²) >= 11 is 0. The fourth-order valence-electron chi connectivity index (χ4n) is 3.67. The molecule has 1 aliphatic carbocycles. The fraction of sp³-hybridized carbons (Fsp3) is 0.500. The van der Waals surface area contributed by atoms with Gasteiger partial charge in [-0.25, -0.2) is 0 Å². The highest BCUT2D eigenvalue weighted by molar-refractivity contribution is 5.79. The van der Waals surface area contributed by atoms with Crippen molar-refractivity contribution >= 4 is 10.9 Å². The van der Waals surface area contributed by atoms with Crippen LogP contribution in [0, 0.1) is 0 Å². The van der Waals surface area contributed by atoms with Crippen LogP contribution in [0.2, 0.25) is 0 Å². The SMILES string of the molecule is CCNC(c1ccc2ncccc2c1)C1(OC)CCCC1. The average molecular weight is 284 g/mol. The number of aromatic nitrogens is 1. The van der Waals surface area contributed by atoms with E-state index in [1.807, 2.05) is 19.4 Å². The minimum Gasteiger partial charge on any atom is -0.376 e. The van der Waals surface area contributed by atoms with E-state index in [2.05, 4.69) is 41.5 Å². The molecule has 1 unspecified atom stereocenters. The van der Waals surface area contributed by atoms with E-state index in [0.717, 1.165) is 24.9 Å². The summed E-state index contributed by atoms with van der Waals surface area (Å²) in [5.41, 5.74) is 2.29. The predicted octanol–water partition coefficient (Wildman–Crippen LogP) is 3.84. The molecular formula is C18H24N2O. The number of hydrogen-bond acceptors (Lipinski definition) is 3. The van der Waals surface area contributed by atoms with Gasteiger partial charge in [0.25, 0.3) is 0 Å². The van der Waals surface area contributed by atoms with Crippen LogP contribution < -0.4 is 5.32 Å². The Bertz CT molecular complexity index is 605. The van der Waals surface area contributed by atoms with E-state index in [-0.39, 0.29) is 11.6 Å². The van der Waals surface area contributed by atoms with Gasteiger partial charge in [-0.3, -0.25) is 4.98 Å². The molecule has 1 saturated carbocycles. The van der Waals surface area contributed by atoms with Crippen LogP contribution >= 0.6 is 0 Å². The van der Waals surface area contributed by atoms with Crippen molar-refractivity contribution < 1.29 is 4.74 Å². The number of fused-ring (bicyclic) bond motifs is 1. The van der Waals surface area contributed by atoms with Crippen molar-refractivity contribution in [3.63, 3.8) is 0 Å². The van der Waals surface area contributed by atoms with Crippen LogP contribution in [0.4, 0.5) is 0 Å². The highest BCUT2D eigenvalue weighted by atomic mass is 16.5. The Kier molecular flexibility index (Phi) is 4.22. The van der Waals surface area contributed by atoms with Gasteiger partial charge in [0, 0.05) is 18.7 Å². The van der Waals surface area contributed by atoms with Gasteiger partial charge in [0.15, 0.2) is 0 Å². The number of pyridine rings is 1. The lowest BCUT2D eigenvalue weighted by atomic mass is 9.86. The van der Waals surface area contributed by atoms with Gasteiger partial charge >= 0.3 is 0 Å². The van der Waals surface area contributed by atoms with Crippen molar-refractivity contribution in [2.45, 2.75) is 44.2 Å². The molecule has 1 atom stereocenters. The van der Waals surface area contributed by atoms with Crippen LogP contribution in [0.25, 0.3) is 10.9 Å². The summed E-state index contributed by atoms with van der Waals surface area (Å²) in [5, 5.41) is 4.85. The average Bonchev–Trinajstić information content (AvgIpc) is 3.02. The lowest BCUT2D eigenvalue weighted by molar-refractivity contribution is -0.0363. The molecule has 0 spiro atoms. The highest BCUT2D eigenvalue weighted by Gasteiger charge is 2.42. The molecule has 0 saturated heterocycles. The number of nitrogens with one attached hydrogen (secondary N) is 1. The number of likely N-dealkylation sites (N-methyl/N-ethyl adjacent to an activating group) is 1. The third kappa shape index (κ3) is 2.68. The summed E-state index contributed by atoms with van der Waals surface area (Å²) in [4.78, 5) is 4.41. The topological polar surface area (TPSA) is 34.2 Å². The molecule has 0 radical (unpaired) electrons. The van der Waals surface area contributed by atoms with E-state index >= 15 is 0 Å². The van der Waals surface area contributed by atoms with E-state index in [0.29, 0.717) is 0 Å². The normalized spacial score (nSPS) is 19.0. The highest BCUT2D eigenvalue weighted by Crippen LogP contribution is 2.42. The lowest BCUT2D eigenvalue weighted by Gasteiger charge is -2.37. The van der Waals surface area contributed by atoms with Crippen LogP contribution in [-0.4, -0.2) is 24.2 Å². The molecule has 0 bridgehead atoms. The zero-order valence-corrected chi connectivity index (χ0v) is 12.9. The van der Waals surface area contributed by atoms with Crippen LogP contribution in [-0.2, 0) is 4.74 Å². The van der Waals surface area contributed by atoms with Crippen LogP contribution in [0.3, 0.4) is 0 Å². The molecule has 0 amide bonds. The van der Waals surface area contributed by atoms with Crippen molar-refractivity contribution in [3.8, 4) is 0 Å². The molecular weight excluding hydrogens is 260 g/mol. The zero-order valence-electron chi connectivity index (χ0n) is 12.9. The number of methoxy groups -OCH3 is 1. The van der Waals surface area contributed by atoms with Crippen molar-refractivity contribution in [2.75, 3.05) is 13.7 Å². The van der Waals surface area contributed by atoms with Crippen molar-refractivity contribution in [3.05, 3.63) is 42.1 Å². The second-order valence-corrected chi connectivity index (χ2v) is 5.92. The lowest BCUT2D eigenvalue weighted by Crippen LogP contribution is -2.43. The molecule has 1 fully saturated rings. The van der Waals surface area contributed by atoms with Crippen LogP contribution in [0.1, 0.15) is 44.2 Å². The molecule has 112 valence electrons. The molecule has 0 aliphatic heterocycles. The predicted molar refractivity (Wildman–Crippen MR) is 86.4 cm³/mol. The summed E-state index contributed by atoms with van der Waals surface area (Å²) in [6.07, 6.45) is 6.62. The molecule has 1 aromatic heterocycles. The van der Waals surface area contributed by atoms with Gasteiger partial charge in [-0.2, -0.15) is 0 Å². The molecule has 1 N–H and O–H groups in total. The molecule has 21 heavy (non-hydrogen) atoms. The maximum absolute atomic E-state index is 6.00. The molecule has 1 heterocycles. The molecule has 1 aromatic carbocycles. The van der Waals surface area contributed by atoms with E-state index in [1.54, 1.807) is 0 Å². The summed E-state index contributed by atoms with van der Waals surface area (Å²) < 4.78 is 6.00. The number of hydrogen-bond donors (Lipinski definition) is 1. The third-order valence-corrected chi connectivity index (χ3v) is 4.75. The van der Waals surface area contributed by atoms with E-state index in [9.17, 15) is 0 Å². The fourth-order valence-corrected chi connectivity index (χ4v) is 3.67. The minimum atomic E-state index is -0.0636. The zero-order chi connectivity index (χ0) is 14.7. The Labute approximate surface area is 126 Å². The first-order chi connectivity index (χ1) is 10.3. The first-order valence-electron chi connectivity index (χ1n) is 7.92. The maximum Gasteiger partial charge on any atom is 0.0872 e. The molecule has 3 nitrogen and oxygen atoms in total. The standard InChI is InChI=1S/C18H24N2O/c1-3-19-17(18(21-2)10-4-5-11-18)15-8-9-16-14(13-15)7-6-12-20-16/h6-9,12-13,17,19H,3-5,10-11H2,1-2H3.